The summed E-state index contributed by atoms with van der Waals surface area (Å²) >= 11 is 6.42. The number of halogens is 2. The van der Waals surface area contributed by atoms with E-state index in [4.69, 9.17) is 21.1 Å². The van der Waals surface area contributed by atoms with E-state index in [0.29, 0.717) is 23.1 Å². The van der Waals surface area contributed by atoms with Gasteiger partial charge in [0.05, 0.1) is 36.0 Å². The van der Waals surface area contributed by atoms with Crippen molar-refractivity contribution in [2.45, 2.75) is 13.5 Å². The van der Waals surface area contributed by atoms with E-state index in [-0.39, 0.29) is 12.4 Å². The fourth-order valence-electron chi connectivity index (χ4n) is 3.34. The lowest BCUT2D eigenvalue weighted by molar-refractivity contribution is 0.0443. The standard InChI is InChI=1S/C25H24ClFN4O2/c1-18-22(6-3-9-31-10-12-32-13-11-31)25(29-17-28-18)30-21-7-8-24(23(26)15-21)33-16-19-4-2-5-20(27)14-19/h2,4-5,7-8,14-15,17H,9-13,16H2,1H3,(H,28,29,30). The molecular weight excluding hydrogens is 443 g/mol. The molecule has 1 aliphatic rings. The minimum Gasteiger partial charge on any atom is -0.487 e. The van der Waals surface area contributed by atoms with Gasteiger partial charge in [-0.2, -0.15) is 0 Å². The summed E-state index contributed by atoms with van der Waals surface area (Å²) in [6, 6.07) is 11.6. The number of anilines is 2. The first-order chi connectivity index (χ1) is 16.1. The van der Waals surface area contributed by atoms with Crippen LogP contribution in [0.1, 0.15) is 16.8 Å². The topological polar surface area (TPSA) is 59.5 Å². The van der Waals surface area contributed by atoms with Crippen molar-refractivity contribution in [1.29, 1.82) is 0 Å². The van der Waals surface area contributed by atoms with Gasteiger partial charge in [-0.3, -0.25) is 4.90 Å². The molecule has 0 spiro atoms. The first-order valence-corrected chi connectivity index (χ1v) is 11.0. The molecule has 0 aliphatic carbocycles. The highest BCUT2D eigenvalue weighted by molar-refractivity contribution is 6.32. The maximum Gasteiger partial charge on any atom is 0.149 e. The van der Waals surface area contributed by atoms with Crippen LogP contribution in [0.25, 0.3) is 0 Å². The lowest BCUT2D eigenvalue weighted by atomic mass is 10.2. The Bertz CT molecular complexity index is 1170. The highest BCUT2D eigenvalue weighted by atomic mass is 35.5. The van der Waals surface area contributed by atoms with Gasteiger partial charge < -0.3 is 14.8 Å². The Morgan fingerprint density at radius 3 is 2.82 bits per heavy atom. The molecule has 8 heteroatoms. The summed E-state index contributed by atoms with van der Waals surface area (Å²) in [5.74, 6) is 7.25. The Balaban J connectivity index is 1.44. The molecule has 0 amide bonds. The van der Waals surface area contributed by atoms with Crippen LogP contribution >= 0.6 is 11.6 Å². The van der Waals surface area contributed by atoms with E-state index in [1.54, 1.807) is 24.3 Å². The summed E-state index contributed by atoms with van der Waals surface area (Å²) in [4.78, 5) is 10.9. The molecule has 170 valence electrons. The molecule has 1 saturated heterocycles. The maximum atomic E-state index is 13.3. The maximum absolute atomic E-state index is 13.3. The molecule has 2 aromatic carbocycles. The van der Waals surface area contributed by atoms with Crippen molar-refractivity contribution in [1.82, 2.24) is 14.9 Å². The first-order valence-electron chi connectivity index (χ1n) is 10.6. The third-order valence-corrected chi connectivity index (χ3v) is 5.43. The van der Waals surface area contributed by atoms with Crippen molar-refractivity contribution in [3.63, 3.8) is 0 Å². The number of hydrogen-bond donors (Lipinski definition) is 1. The summed E-state index contributed by atoms with van der Waals surface area (Å²) in [6.07, 6.45) is 1.50. The van der Waals surface area contributed by atoms with Crippen LogP contribution in [-0.2, 0) is 11.3 Å². The van der Waals surface area contributed by atoms with Crippen LogP contribution in [0.5, 0.6) is 5.75 Å². The number of nitrogens with zero attached hydrogens (tertiary/aromatic N) is 3. The Morgan fingerprint density at radius 2 is 2.03 bits per heavy atom. The molecule has 3 aromatic rings. The smallest absolute Gasteiger partial charge is 0.149 e. The second-order valence-electron chi connectivity index (χ2n) is 7.56. The molecule has 33 heavy (non-hydrogen) atoms. The van der Waals surface area contributed by atoms with E-state index >= 15 is 0 Å². The Kier molecular flexibility index (Phi) is 7.74. The number of hydrogen-bond acceptors (Lipinski definition) is 6. The summed E-state index contributed by atoms with van der Waals surface area (Å²) in [6.45, 7) is 6.04. The summed E-state index contributed by atoms with van der Waals surface area (Å²) in [7, 11) is 0. The highest BCUT2D eigenvalue weighted by Gasteiger charge is 2.11. The molecule has 0 saturated carbocycles. The summed E-state index contributed by atoms with van der Waals surface area (Å²) in [5, 5.41) is 3.71. The molecule has 2 heterocycles. The van der Waals surface area contributed by atoms with Crippen LogP contribution in [-0.4, -0.2) is 47.7 Å². The van der Waals surface area contributed by atoms with Crippen LogP contribution < -0.4 is 10.1 Å². The van der Waals surface area contributed by atoms with E-state index in [1.807, 2.05) is 13.0 Å². The van der Waals surface area contributed by atoms with Crippen molar-refractivity contribution >= 4 is 23.1 Å². The molecule has 1 fully saturated rings. The predicted molar refractivity (Wildman–Crippen MR) is 126 cm³/mol. The number of aromatic nitrogens is 2. The number of aryl methyl sites for hydroxylation is 1. The molecule has 0 bridgehead atoms. The van der Waals surface area contributed by atoms with Crippen LogP contribution in [0, 0.1) is 24.6 Å². The summed E-state index contributed by atoms with van der Waals surface area (Å²) < 4.78 is 24.5. The molecule has 1 aromatic heterocycles. The van der Waals surface area contributed by atoms with Crippen LogP contribution in [0.15, 0.2) is 48.8 Å². The van der Waals surface area contributed by atoms with Gasteiger partial charge in [0, 0.05) is 18.8 Å². The van der Waals surface area contributed by atoms with Gasteiger partial charge in [0.25, 0.3) is 0 Å². The van der Waals surface area contributed by atoms with Crippen molar-refractivity contribution in [3.05, 3.63) is 76.5 Å². The lowest BCUT2D eigenvalue weighted by Gasteiger charge is -2.24. The molecule has 6 nitrogen and oxygen atoms in total. The minimum atomic E-state index is -0.300. The molecule has 4 rings (SSSR count). The third kappa shape index (κ3) is 6.42. The lowest BCUT2D eigenvalue weighted by Crippen LogP contribution is -2.36. The zero-order valence-electron chi connectivity index (χ0n) is 18.3. The van der Waals surface area contributed by atoms with Gasteiger partial charge in [0.2, 0.25) is 0 Å². The SMILES string of the molecule is Cc1ncnc(Nc2ccc(OCc3cccc(F)c3)c(Cl)c2)c1C#CCN1CCOCC1. The monoisotopic (exact) mass is 466 g/mol. The van der Waals surface area contributed by atoms with Crippen molar-refractivity contribution < 1.29 is 13.9 Å². The van der Waals surface area contributed by atoms with Crippen molar-refractivity contribution in [2.24, 2.45) is 0 Å². The van der Waals surface area contributed by atoms with Crippen molar-refractivity contribution in [2.75, 3.05) is 38.2 Å². The molecule has 0 radical (unpaired) electrons. The zero-order chi connectivity index (χ0) is 23.0. The normalized spacial score (nSPS) is 13.8. The molecule has 0 unspecified atom stereocenters. The van der Waals surface area contributed by atoms with Crippen LogP contribution in [0.2, 0.25) is 5.02 Å². The average molecular weight is 467 g/mol. The van der Waals surface area contributed by atoms with Gasteiger partial charge >= 0.3 is 0 Å². The zero-order valence-corrected chi connectivity index (χ0v) is 19.0. The Morgan fingerprint density at radius 1 is 1.18 bits per heavy atom. The molecule has 1 N–H and O–H groups in total. The van der Waals surface area contributed by atoms with Gasteiger partial charge in [-0.1, -0.05) is 35.6 Å². The van der Waals surface area contributed by atoms with Gasteiger partial charge in [-0.15, -0.1) is 0 Å². The predicted octanol–water partition coefficient (Wildman–Crippen LogP) is 4.58. The fraction of sp³-hybridized carbons (Fsp3) is 0.280. The van der Waals surface area contributed by atoms with Gasteiger partial charge in [-0.25, -0.2) is 14.4 Å². The minimum absolute atomic E-state index is 0.220. The first kappa shape index (κ1) is 23.0. The quantitative estimate of drug-likeness (QED) is 0.536. The van der Waals surface area contributed by atoms with E-state index in [9.17, 15) is 4.39 Å². The summed E-state index contributed by atoms with van der Waals surface area (Å²) in [5.41, 5.74) is 3.01. The van der Waals surface area contributed by atoms with E-state index < -0.39 is 0 Å². The highest BCUT2D eigenvalue weighted by Crippen LogP contribution is 2.30. The van der Waals surface area contributed by atoms with E-state index in [2.05, 4.69) is 32.0 Å². The fourth-order valence-corrected chi connectivity index (χ4v) is 3.57. The number of benzene rings is 2. The molecular formula is C25H24ClFN4O2. The van der Waals surface area contributed by atoms with Gasteiger partial charge in [0.15, 0.2) is 0 Å². The largest absolute Gasteiger partial charge is 0.487 e. The molecule has 0 atom stereocenters. The van der Waals surface area contributed by atoms with Crippen LogP contribution in [0.3, 0.4) is 0 Å². The number of ether oxygens (including phenoxy) is 2. The van der Waals surface area contributed by atoms with E-state index in [1.165, 1.54) is 18.5 Å². The Hall–Kier alpha value is -3.18. The number of morpholine rings is 1. The third-order valence-electron chi connectivity index (χ3n) is 5.13. The number of nitrogens with one attached hydrogen (secondary N) is 1. The van der Waals surface area contributed by atoms with Gasteiger partial charge in [0.1, 0.15) is 30.3 Å². The van der Waals surface area contributed by atoms with Crippen molar-refractivity contribution in [3.8, 4) is 17.6 Å². The van der Waals surface area contributed by atoms with Gasteiger partial charge in [-0.05, 0) is 42.8 Å². The Labute approximate surface area is 197 Å². The molecule has 1 aliphatic heterocycles. The number of rotatable bonds is 6. The second-order valence-corrected chi connectivity index (χ2v) is 7.97. The van der Waals surface area contributed by atoms with E-state index in [0.717, 1.165) is 48.8 Å². The second kappa shape index (κ2) is 11.1. The van der Waals surface area contributed by atoms with Crippen LogP contribution in [0.4, 0.5) is 15.9 Å². The average Bonchev–Trinajstić information content (AvgIpc) is 2.81.